The van der Waals surface area contributed by atoms with Gasteiger partial charge >= 0.3 is 0 Å². The van der Waals surface area contributed by atoms with Crippen LogP contribution in [0.1, 0.15) is 18.5 Å². The van der Waals surface area contributed by atoms with E-state index in [1.165, 1.54) is 12.1 Å². The van der Waals surface area contributed by atoms with Crippen LogP contribution in [-0.2, 0) is 0 Å². The number of anilines is 1. The molecule has 0 aromatic heterocycles. The Kier molecular flexibility index (Phi) is 3.77. The summed E-state index contributed by atoms with van der Waals surface area (Å²) in [4.78, 5) is 0. The predicted octanol–water partition coefficient (Wildman–Crippen LogP) is 4.03. The van der Waals surface area contributed by atoms with Crippen molar-refractivity contribution in [2.45, 2.75) is 13.0 Å². The number of nitrogens with one attached hydrogen (secondary N) is 1. The highest BCUT2D eigenvalue weighted by Crippen LogP contribution is 2.30. The molecule has 2 rings (SSSR count). The molecule has 0 spiro atoms. The zero-order valence-electron chi connectivity index (χ0n) is 9.89. The second-order valence-electron chi connectivity index (χ2n) is 4.12. The van der Waals surface area contributed by atoms with Gasteiger partial charge in [0, 0.05) is 15.7 Å². The Bertz CT molecular complexity index is 557. The third-order valence-electron chi connectivity index (χ3n) is 2.69. The lowest BCUT2D eigenvalue weighted by atomic mass is 10.1. The predicted molar refractivity (Wildman–Crippen MR) is 76.0 cm³/mol. The molecule has 2 aromatic carbocycles. The fourth-order valence-corrected chi connectivity index (χ4v) is 2.19. The van der Waals surface area contributed by atoms with Crippen molar-refractivity contribution in [1.29, 1.82) is 0 Å². The summed E-state index contributed by atoms with van der Waals surface area (Å²) in [6.45, 7) is 1.93. The van der Waals surface area contributed by atoms with Gasteiger partial charge < -0.3 is 15.5 Å². The standard InChI is InChI=1S/C14H14BrNO2/c1-9(13-8-12(17)5-6-14(13)18)16-11-4-2-3-10(15)7-11/h2-9,16-18H,1H3. The topological polar surface area (TPSA) is 52.5 Å². The van der Waals surface area contributed by atoms with Gasteiger partial charge in [0.05, 0.1) is 6.04 Å². The Labute approximate surface area is 114 Å². The number of phenols is 2. The molecule has 4 heteroatoms. The number of phenolic OH excluding ortho intramolecular Hbond substituents is 2. The Balaban J connectivity index is 2.21. The van der Waals surface area contributed by atoms with Crippen molar-refractivity contribution in [3.8, 4) is 11.5 Å². The van der Waals surface area contributed by atoms with E-state index in [0.29, 0.717) is 5.56 Å². The lowest BCUT2D eigenvalue weighted by Crippen LogP contribution is -2.06. The van der Waals surface area contributed by atoms with Crippen LogP contribution in [0.4, 0.5) is 5.69 Å². The molecule has 1 unspecified atom stereocenters. The van der Waals surface area contributed by atoms with Crippen LogP contribution in [0.15, 0.2) is 46.9 Å². The largest absolute Gasteiger partial charge is 0.508 e. The van der Waals surface area contributed by atoms with Crippen molar-refractivity contribution >= 4 is 21.6 Å². The van der Waals surface area contributed by atoms with E-state index >= 15 is 0 Å². The van der Waals surface area contributed by atoms with Crippen LogP contribution >= 0.6 is 15.9 Å². The molecule has 0 amide bonds. The molecule has 94 valence electrons. The summed E-state index contributed by atoms with van der Waals surface area (Å²) in [5.41, 5.74) is 1.61. The van der Waals surface area contributed by atoms with E-state index in [-0.39, 0.29) is 17.5 Å². The van der Waals surface area contributed by atoms with Crippen molar-refractivity contribution in [3.63, 3.8) is 0 Å². The molecule has 0 saturated heterocycles. The van der Waals surface area contributed by atoms with Gasteiger partial charge in [-0.15, -0.1) is 0 Å². The maximum Gasteiger partial charge on any atom is 0.121 e. The van der Waals surface area contributed by atoms with Gasteiger partial charge in [-0.05, 0) is 43.3 Å². The van der Waals surface area contributed by atoms with E-state index in [4.69, 9.17) is 0 Å². The maximum atomic E-state index is 9.78. The second-order valence-corrected chi connectivity index (χ2v) is 5.04. The first-order chi connectivity index (χ1) is 8.56. The molecule has 0 saturated carbocycles. The van der Waals surface area contributed by atoms with E-state index in [9.17, 15) is 10.2 Å². The number of aromatic hydroxyl groups is 2. The Morgan fingerprint density at radius 3 is 2.61 bits per heavy atom. The van der Waals surface area contributed by atoms with Gasteiger partial charge in [-0.1, -0.05) is 22.0 Å². The lowest BCUT2D eigenvalue weighted by molar-refractivity contribution is 0.451. The highest BCUT2D eigenvalue weighted by Gasteiger charge is 2.11. The lowest BCUT2D eigenvalue weighted by Gasteiger charge is -2.17. The van der Waals surface area contributed by atoms with E-state index in [2.05, 4.69) is 21.2 Å². The van der Waals surface area contributed by atoms with Gasteiger partial charge in [0.25, 0.3) is 0 Å². The van der Waals surface area contributed by atoms with Crippen molar-refractivity contribution in [2.24, 2.45) is 0 Å². The van der Waals surface area contributed by atoms with Gasteiger partial charge in [0.15, 0.2) is 0 Å². The summed E-state index contributed by atoms with van der Waals surface area (Å²) < 4.78 is 0.986. The number of rotatable bonds is 3. The fourth-order valence-electron chi connectivity index (χ4n) is 1.79. The molecule has 0 aliphatic rings. The SMILES string of the molecule is CC(Nc1cccc(Br)c1)c1cc(O)ccc1O. The van der Waals surface area contributed by atoms with Gasteiger partial charge in [0.2, 0.25) is 0 Å². The summed E-state index contributed by atoms with van der Waals surface area (Å²) in [6.07, 6.45) is 0. The number of benzene rings is 2. The van der Waals surface area contributed by atoms with Crippen LogP contribution in [0.3, 0.4) is 0 Å². The molecule has 0 aliphatic carbocycles. The van der Waals surface area contributed by atoms with Gasteiger partial charge in [-0.25, -0.2) is 0 Å². The van der Waals surface area contributed by atoms with E-state index < -0.39 is 0 Å². The Morgan fingerprint density at radius 1 is 1.11 bits per heavy atom. The molecule has 18 heavy (non-hydrogen) atoms. The molecule has 0 fully saturated rings. The third kappa shape index (κ3) is 2.96. The molecule has 0 aliphatic heterocycles. The van der Waals surface area contributed by atoms with Crippen LogP contribution in [0, 0.1) is 0 Å². The van der Waals surface area contributed by atoms with Crippen LogP contribution in [0.25, 0.3) is 0 Å². The average Bonchev–Trinajstić information content (AvgIpc) is 2.32. The molecular formula is C14H14BrNO2. The molecule has 2 aromatic rings. The zero-order valence-corrected chi connectivity index (χ0v) is 11.5. The molecule has 0 radical (unpaired) electrons. The molecule has 0 bridgehead atoms. The zero-order chi connectivity index (χ0) is 13.1. The highest BCUT2D eigenvalue weighted by atomic mass is 79.9. The molecule has 1 atom stereocenters. The first kappa shape index (κ1) is 12.8. The van der Waals surface area contributed by atoms with Crippen molar-refractivity contribution in [1.82, 2.24) is 0 Å². The van der Waals surface area contributed by atoms with Crippen LogP contribution < -0.4 is 5.32 Å². The summed E-state index contributed by atoms with van der Waals surface area (Å²) in [5, 5.41) is 22.5. The monoisotopic (exact) mass is 307 g/mol. The van der Waals surface area contributed by atoms with Crippen molar-refractivity contribution in [3.05, 3.63) is 52.5 Å². The van der Waals surface area contributed by atoms with Crippen LogP contribution in [0.2, 0.25) is 0 Å². The first-order valence-electron chi connectivity index (χ1n) is 5.60. The van der Waals surface area contributed by atoms with Crippen LogP contribution in [-0.4, -0.2) is 10.2 Å². The van der Waals surface area contributed by atoms with Crippen molar-refractivity contribution in [2.75, 3.05) is 5.32 Å². The van der Waals surface area contributed by atoms with Gasteiger partial charge in [-0.3, -0.25) is 0 Å². The quantitative estimate of drug-likeness (QED) is 0.750. The second kappa shape index (κ2) is 5.31. The summed E-state index contributed by atoms with van der Waals surface area (Å²) in [6, 6.07) is 12.2. The molecule has 3 nitrogen and oxygen atoms in total. The summed E-state index contributed by atoms with van der Waals surface area (Å²) in [5.74, 6) is 0.313. The molecular weight excluding hydrogens is 294 g/mol. The molecule has 3 N–H and O–H groups in total. The van der Waals surface area contributed by atoms with Crippen molar-refractivity contribution < 1.29 is 10.2 Å². The van der Waals surface area contributed by atoms with E-state index in [1.54, 1.807) is 6.07 Å². The highest BCUT2D eigenvalue weighted by molar-refractivity contribution is 9.10. The smallest absolute Gasteiger partial charge is 0.121 e. The van der Waals surface area contributed by atoms with E-state index in [1.807, 2.05) is 31.2 Å². The van der Waals surface area contributed by atoms with E-state index in [0.717, 1.165) is 10.2 Å². The average molecular weight is 308 g/mol. The first-order valence-corrected chi connectivity index (χ1v) is 6.39. The number of hydrogen-bond donors (Lipinski definition) is 3. The minimum absolute atomic E-state index is 0.105. The summed E-state index contributed by atoms with van der Waals surface area (Å²) in [7, 11) is 0. The third-order valence-corrected chi connectivity index (χ3v) is 3.18. The van der Waals surface area contributed by atoms with Gasteiger partial charge in [0.1, 0.15) is 11.5 Å². The molecule has 0 heterocycles. The normalized spacial score (nSPS) is 12.1. The number of halogens is 1. The van der Waals surface area contributed by atoms with Crippen LogP contribution in [0.5, 0.6) is 11.5 Å². The number of hydrogen-bond acceptors (Lipinski definition) is 3. The Hall–Kier alpha value is -1.68. The van der Waals surface area contributed by atoms with Gasteiger partial charge in [-0.2, -0.15) is 0 Å². The summed E-state index contributed by atoms with van der Waals surface area (Å²) >= 11 is 3.41. The maximum absolute atomic E-state index is 9.78. The fraction of sp³-hybridized carbons (Fsp3) is 0.143. The Morgan fingerprint density at radius 2 is 1.89 bits per heavy atom. The minimum atomic E-state index is -0.105. The minimum Gasteiger partial charge on any atom is -0.508 e.